The Balaban J connectivity index is 1.78. The number of rotatable bonds is 8. The van der Waals surface area contributed by atoms with Crippen molar-refractivity contribution in [2.75, 3.05) is 19.5 Å². The van der Waals surface area contributed by atoms with Crippen molar-refractivity contribution >= 4 is 11.9 Å². The first-order valence-corrected chi connectivity index (χ1v) is 11.0. The average Bonchev–Trinajstić information content (AvgIpc) is 3.26. The van der Waals surface area contributed by atoms with Gasteiger partial charge in [-0.3, -0.25) is 19.7 Å². The van der Waals surface area contributed by atoms with Crippen LogP contribution in [0.4, 0.5) is 5.95 Å². The number of para-hydroxylation sites is 1. The van der Waals surface area contributed by atoms with Crippen molar-refractivity contribution in [3.05, 3.63) is 78.1 Å². The molecule has 2 heterocycles. The average molecular weight is 458 g/mol. The Morgan fingerprint density at radius 3 is 2.35 bits per heavy atom. The topological polar surface area (TPSA) is 91.2 Å². The molecule has 1 N–H and O–H groups in total. The number of carbonyl (C=O) groups is 1. The van der Waals surface area contributed by atoms with Crippen LogP contribution in [0.3, 0.4) is 0 Å². The van der Waals surface area contributed by atoms with E-state index in [0.29, 0.717) is 29.4 Å². The monoisotopic (exact) mass is 457 g/mol. The van der Waals surface area contributed by atoms with Gasteiger partial charge in [-0.25, -0.2) is 0 Å². The number of nitrogens with zero attached hydrogens (tertiary/aromatic N) is 4. The third-order valence-corrected chi connectivity index (χ3v) is 5.49. The first-order chi connectivity index (χ1) is 16.5. The molecule has 174 valence electrons. The molecule has 0 aliphatic rings. The number of aromatic nitrogens is 4. The maximum absolute atomic E-state index is 13.1. The van der Waals surface area contributed by atoms with Crippen LogP contribution in [0.25, 0.3) is 17.1 Å². The molecule has 0 radical (unpaired) electrons. The molecule has 0 spiro atoms. The minimum absolute atomic E-state index is 0.166. The van der Waals surface area contributed by atoms with Crippen LogP contribution in [0.15, 0.2) is 67.0 Å². The van der Waals surface area contributed by atoms with E-state index in [4.69, 9.17) is 9.47 Å². The fourth-order valence-electron chi connectivity index (χ4n) is 3.79. The summed E-state index contributed by atoms with van der Waals surface area (Å²) in [6, 6.07) is 17.3. The standard InChI is InChI=1S/C26H27N5O3/c1-17-13-20(16-27-15-17)24-29-30-26(28-25(32)18(2)14-19-9-6-5-7-10-19)31(24)23-21(33-3)11-8-12-22(23)34-4/h5-13,15-16,18H,14H2,1-4H3,(H,28,30,32)/t18-/m0/s1. The Labute approximate surface area is 198 Å². The Kier molecular flexibility index (Phi) is 6.87. The Morgan fingerprint density at radius 2 is 1.71 bits per heavy atom. The molecule has 34 heavy (non-hydrogen) atoms. The van der Waals surface area contributed by atoms with Crippen LogP contribution in [0.2, 0.25) is 0 Å². The molecule has 1 atom stereocenters. The lowest BCUT2D eigenvalue weighted by Gasteiger charge is -2.18. The second-order valence-electron chi connectivity index (χ2n) is 8.02. The highest BCUT2D eigenvalue weighted by Gasteiger charge is 2.25. The van der Waals surface area contributed by atoms with Crippen molar-refractivity contribution < 1.29 is 14.3 Å². The van der Waals surface area contributed by atoms with Gasteiger partial charge in [-0.05, 0) is 42.7 Å². The van der Waals surface area contributed by atoms with Crippen LogP contribution in [0.5, 0.6) is 11.5 Å². The smallest absolute Gasteiger partial charge is 0.236 e. The zero-order chi connectivity index (χ0) is 24.1. The van der Waals surface area contributed by atoms with Gasteiger partial charge in [0.05, 0.1) is 14.2 Å². The lowest BCUT2D eigenvalue weighted by molar-refractivity contribution is -0.119. The lowest BCUT2D eigenvalue weighted by atomic mass is 10.0. The van der Waals surface area contributed by atoms with E-state index in [1.165, 1.54) is 0 Å². The summed E-state index contributed by atoms with van der Waals surface area (Å²) < 4.78 is 13.0. The fourth-order valence-corrected chi connectivity index (χ4v) is 3.79. The van der Waals surface area contributed by atoms with Crippen LogP contribution >= 0.6 is 0 Å². The van der Waals surface area contributed by atoms with E-state index in [9.17, 15) is 4.79 Å². The third kappa shape index (κ3) is 4.76. The number of ether oxygens (including phenoxy) is 2. The number of pyridine rings is 1. The first-order valence-electron chi connectivity index (χ1n) is 11.0. The summed E-state index contributed by atoms with van der Waals surface area (Å²) in [7, 11) is 3.16. The van der Waals surface area contributed by atoms with Gasteiger partial charge in [0, 0.05) is 23.9 Å². The first kappa shape index (κ1) is 23.0. The summed E-state index contributed by atoms with van der Waals surface area (Å²) >= 11 is 0. The van der Waals surface area contributed by atoms with Crippen LogP contribution < -0.4 is 14.8 Å². The zero-order valence-electron chi connectivity index (χ0n) is 19.6. The Hall–Kier alpha value is -4.20. The maximum Gasteiger partial charge on any atom is 0.236 e. The van der Waals surface area contributed by atoms with Gasteiger partial charge in [0.15, 0.2) is 5.82 Å². The molecule has 2 aromatic carbocycles. The van der Waals surface area contributed by atoms with Crippen LogP contribution in [0, 0.1) is 12.8 Å². The summed E-state index contributed by atoms with van der Waals surface area (Å²) in [5.41, 5.74) is 3.39. The van der Waals surface area contributed by atoms with Crippen LogP contribution in [0.1, 0.15) is 18.1 Å². The molecule has 0 unspecified atom stereocenters. The second-order valence-corrected chi connectivity index (χ2v) is 8.02. The van der Waals surface area contributed by atoms with Crippen molar-refractivity contribution in [1.29, 1.82) is 0 Å². The highest BCUT2D eigenvalue weighted by Crippen LogP contribution is 2.37. The molecular weight excluding hydrogens is 430 g/mol. The van der Waals surface area contributed by atoms with Gasteiger partial charge in [-0.15, -0.1) is 10.2 Å². The summed E-state index contributed by atoms with van der Waals surface area (Å²) in [5, 5.41) is 11.7. The third-order valence-electron chi connectivity index (χ3n) is 5.49. The van der Waals surface area contributed by atoms with Crippen LogP contribution in [-0.2, 0) is 11.2 Å². The lowest BCUT2D eigenvalue weighted by Crippen LogP contribution is -2.24. The van der Waals surface area contributed by atoms with E-state index in [2.05, 4.69) is 20.5 Å². The summed E-state index contributed by atoms with van der Waals surface area (Å²) in [6.45, 7) is 3.84. The van der Waals surface area contributed by atoms with Crippen molar-refractivity contribution in [2.45, 2.75) is 20.3 Å². The SMILES string of the molecule is COc1cccc(OC)c1-n1c(NC(=O)[C@@H](C)Cc2ccccc2)nnc1-c1cncc(C)c1. The van der Waals surface area contributed by atoms with E-state index in [0.717, 1.165) is 16.7 Å². The van der Waals surface area contributed by atoms with Gasteiger partial charge >= 0.3 is 0 Å². The summed E-state index contributed by atoms with van der Waals surface area (Å²) in [6.07, 6.45) is 4.08. The van der Waals surface area contributed by atoms with Crippen LogP contribution in [-0.4, -0.2) is 39.9 Å². The molecule has 0 aliphatic carbocycles. The molecule has 4 rings (SSSR count). The normalized spacial score (nSPS) is 11.6. The number of hydrogen-bond donors (Lipinski definition) is 1. The van der Waals surface area contributed by atoms with Crippen molar-refractivity contribution in [3.8, 4) is 28.6 Å². The fraction of sp³-hybridized carbons (Fsp3) is 0.231. The Morgan fingerprint density at radius 1 is 1.00 bits per heavy atom. The van der Waals surface area contributed by atoms with Crippen molar-refractivity contribution in [2.24, 2.45) is 5.92 Å². The van der Waals surface area contributed by atoms with E-state index < -0.39 is 0 Å². The van der Waals surface area contributed by atoms with Gasteiger partial charge in [0.2, 0.25) is 11.9 Å². The molecule has 0 fully saturated rings. The highest BCUT2D eigenvalue weighted by molar-refractivity contribution is 5.91. The minimum Gasteiger partial charge on any atom is -0.494 e. The molecular formula is C26H27N5O3. The number of hydrogen-bond acceptors (Lipinski definition) is 6. The number of methoxy groups -OCH3 is 2. The highest BCUT2D eigenvalue weighted by atomic mass is 16.5. The predicted molar refractivity (Wildman–Crippen MR) is 130 cm³/mol. The second kappa shape index (κ2) is 10.2. The van der Waals surface area contributed by atoms with Gasteiger partial charge in [-0.2, -0.15) is 0 Å². The number of anilines is 1. The summed E-state index contributed by atoms with van der Waals surface area (Å²) in [5.74, 6) is 1.42. The van der Waals surface area contributed by atoms with Gasteiger partial charge in [-0.1, -0.05) is 43.3 Å². The van der Waals surface area contributed by atoms with E-state index in [1.807, 2.05) is 68.4 Å². The van der Waals surface area contributed by atoms with Gasteiger partial charge < -0.3 is 9.47 Å². The molecule has 0 aliphatic heterocycles. The van der Waals surface area contributed by atoms with E-state index in [1.54, 1.807) is 31.2 Å². The largest absolute Gasteiger partial charge is 0.494 e. The predicted octanol–water partition coefficient (Wildman–Crippen LogP) is 4.47. The molecule has 2 aromatic heterocycles. The Bertz CT molecular complexity index is 1260. The molecule has 1 amide bonds. The van der Waals surface area contributed by atoms with Gasteiger partial charge in [0.1, 0.15) is 17.2 Å². The molecule has 0 saturated heterocycles. The van der Waals surface area contributed by atoms with Gasteiger partial charge in [0.25, 0.3) is 0 Å². The molecule has 8 nitrogen and oxygen atoms in total. The molecule has 8 heteroatoms. The van der Waals surface area contributed by atoms with Crippen molar-refractivity contribution in [1.82, 2.24) is 19.7 Å². The number of benzene rings is 2. The maximum atomic E-state index is 13.1. The summed E-state index contributed by atoms with van der Waals surface area (Å²) in [4.78, 5) is 17.4. The zero-order valence-corrected chi connectivity index (χ0v) is 19.6. The number of amides is 1. The number of aryl methyl sites for hydroxylation is 1. The molecule has 0 bridgehead atoms. The number of nitrogens with one attached hydrogen (secondary N) is 1. The number of carbonyl (C=O) groups excluding carboxylic acids is 1. The van der Waals surface area contributed by atoms with E-state index >= 15 is 0 Å². The van der Waals surface area contributed by atoms with E-state index in [-0.39, 0.29) is 17.8 Å². The van der Waals surface area contributed by atoms with Crippen molar-refractivity contribution in [3.63, 3.8) is 0 Å². The minimum atomic E-state index is -0.281. The molecule has 4 aromatic rings. The quantitative estimate of drug-likeness (QED) is 0.420. The molecule has 0 saturated carbocycles.